The zero-order chi connectivity index (χ0) is 18.4. The molecule has 0 fully saturated rings. The molecule has 1 aliphatic rings. The van der Waals surface area contributed by atoms with Gasteiger partial charge in [-0.15, -0.1) is 0 Å². The maximum absolute atomic E-state index is 10.6. The fraction of sp³-hybridized carbons (Fsp3) is 0.478. The first-order valence-corrected chi connectivity index (χ1v) is 9.82. The molecule has 1 aliphatic heterocycles. The normalized spacial score (nSPS) is 16.0. The van der Waals surface area contributed by atoms with Gasteiger partial charge in [-0.3, -0.25) is 4.90 Å². The zero-order valence-electron chi connectivity index (χ0n) is 16.0. The molecule has 3 nitrogen and oxygen atoms in total. The van der Waals surface area contributed by atoms with E-state index in [0.29, 0.717) is 5.92 Å². The summed E-state index contributed by atoms with van der Waals surface area (Å²) in [5.74, 6) is 1.68. The molecule has 0 unspecified atom stereocenters. The first-order valence-electron chi connectivity index (χ1n) is 9.82. The van der Waals surface area contributed by atoms with E-state index in [1.54, 1.807) is 0 Å². The van der Waals surface area contributed by atoms with Gasteiger partial charge in [0.2, 0.25) is 0 Å². The van der Waals surface area contributed by atoms with Crippen LogP contribution in [0.1, 0.15) is 49.5 Å². The van der Waals surface area contributed by atoms with E-state index in [0.717, 1.165) is 50.4 Å². The van der Waals surface area contributed by atoms with Gasteiger partial charge < -0.3 is 9.84 Å². The molecule has 0 aliphatic carbocycles. The van der Waals surface area contributed by atoms with Gasteiger partial charge in [0.05, 0.1) is 6.10 Å². The number of ether oxygens (including phenoxy) is 1. The van der Waals surface area contributed by atoms with Crippen LogP contribution in [0.15, 0.2) is 48.5 Å². The minimum atomic E-state index is -0.437. The van der Waals surface area contributed by atoms with Gasteiger partial charge in [-0.25, -0.2) is 0 Å². The molecule has 2 aromatic carbocycles. The van der Waals surface area contributed by atoms with E-state index in [4.69, 9.17) is 4.74 Å². The van der Waals surface area contributed by atoms with Crippen molar-refractivity contribution in [3.05, 3.63) is 65.2 Å². The Labute approximate surface area is 157 Å². The topological polar surface area (TPSA) is 32.7 Å². The molecule has 1 N–H and O–H groups in total. The van der Waals surface area contributed by atoms with Crippen LogP contribution in [0.3, 0.4) is 0 Å². The molecule has 0 aromatic heterocycles. The van der Waals surface area contributed by atoms with E-state index >= 15 is 0 Å². The van der Waals surface area contributed by atoms with Gasteiger partial charge in [0.1, 0.15) is 12.4 Å². The van der Waals surface area contributed by atoms with Crippen LogP contribution in [0.5, 0.6) is 5.75 Å². The van der Waals surface area contributed by atoms with Crippen molar-refractivity contribution in [3.63, 3.8) is 0 Å². The summed E-state index contributed by atoms with van der Waals surface area (Å²) in [5.41, 5.74) is 3.46. The fourth-order valence-electron chi connectivity index (χ4n) is 3.42. The Kier molecular flexibility index (Phi) is 6.70. The maximum Gasteiger partial charge on any atom is 0.123 e. The number of benzene rings is 2. The van der Waals surface area contributed by atoms with Crippen molar-refractivity contribution in [2.75, 3.05) is 19.7 Å². The van der Waals surface area contributed by atoms with Gasteiger partial charge in [0.25, 0.3) is 0 Å². The van der Waals surface area contributed by atoms with Gasteiger partial charge in [-0.2, -0.15) is 0 Å². The molecule has 26 heavy (non-hydrogen) atoms. The highest BCUT2D eigenvalue weighted by Crippen LogP contribution is 2.28. The van der Waals surface area contributed by atoms with Gasteiger partial charge in [-0.1, -0.05) is 50.2 Å². The Balaban J connectivity index is 1.64. The lowest BCUT2D eigenvalue weighted by Crippen LogP contribution is -2.27. The molecule has 0 saturated carbocycles. The fourth-order valence-corrected chi connectivity index (χ4v) is 3.42. The van der Waals surface area contributed by atoms with Gasteiger partial charge in [0, 0.05) is 18.7 Å². The van der Waals surface area contributed by atoms with Crippen LogP contribution in [0, 0.1) is 5.92 Å². The Morgan fingerprint density at radius 1 is 1.08 bits per heavy atom. The number of aliphatic hydroxyl groups is 1. The lowest BCUT2D eigenvalue weighted by atomic mass is 9.99. The molecule has 0 spiro atoms. The smallest absolute Gasteiger partial charge is 0.123 e. The standard InChI is InChI=1S/C23H31NO2/c1-18(2)12-13-24-14-15-26-23-11-9-20(16-21(23)17-24)22(25)10-8-19-6-4-3-5-7-19/h3-7,9,11,16,18,22,25H,8,10,12-15,17H2,1-2H3/t22-/m1/s1. The molecular formula is C23H31NO2. The molecule has 140 valence electrons. The monoisotopic (exact) mass is 353 g/mol. The van der Waals surface area contributed by atoms with Gasteiger partial charge in [-0.05, 0) is 55.0 Å². The molecule has 0 bridgehead atoms. The van der Waals surface area contributed by atoms with E-state index in [9.17, 15) is 5.11 Å². The summed E-state index contributed by atoms with van der Waals surface area (Å²) in [7, 11) is 0. The van der Waals surface area contributed by atoms with E-state index in [1.807, 2.05) is 30.3 Å². The summed E-state index contributed by atoms with van der Waals surface area (Å²) in [6.45, 7) is 8.24. The van der Waals surface area contributed by atoms with Gasteiger partial charge in [0.15, 0.2) is 0 Å². The van der Waals surface area contributed by atoms with Crippen molar-refractivity contribution in [1.29, 1.82) is 0 Å². The Morgan fingerprint density at radius 2 is 1.88 bits per heavy atom. The average molecular weight is 354 g/mol. The molecule has 1 heterocycles. The summed E-state index contributed by atoms with van der Waals surface area (Å²) >= 11 is 0. The van der Waals surface area contributed by atoms with Crippen LogP contribution in [0.2, 0.25) is 0 Å². The minimum absolute atomic E-state index is 0.437. The third kappa shape index (κ3) is 5.33. The van der Waals surface area contributed by atoms with Crippen LogP contribution < -0.4 is 4.74 Å². The summed E-state index contributed by atoms with van der Waals surface area (Å²) in [6.07, 6.45) is 2.39. The van der Waals surface area contributed by atoms with Crippen LogP contribution in [0.4, 0.5) is 0 Å². The van der Waals surface area contributed by atoms with Crippen LogP contribution in [-0.4, -0.2) is 29.7 Å². The third-order valence-electron chi connectivity index (χ3n) is 5.10. The van der Waals surface area contributed by atoms with Crippen molar-refractivity contribution >= 4 is 0 Å². The predicted molar refractivity (Wildman–Crippen MR) is 106 cm³/mol. The second kappa shape index (κ2) is 9.20. The van der Waals surface area contributed by atoms with Gasteiger partial charge >= 0.3 is 0 Å². The van der Waals surface area contributed by atoms with E-state index in [2.05, 4.69) is 36.9 Å². The van der Waals surface area contributed by atoms with Crippen molar-refractivity contribution in [1.82, 2.24) is 4.90 Å². The summed E-state index contributed by atoms with van der Waals surface area (Å²) in [6, 6.07) is 16.5. The number of nitrogens with zero attached hydrogens (tertiary/aromatic N) is 1. The van der Waals surface area contributed by atoms with Crippen LogP contribution in [0.25, 0.3) is 0 Å². The van der Waals surface area contributed by atoms with Crippen LogP contribution >= 0.6 is 0 Å². The number of hydrogen-bond donors (Lipinski definition) is 1. The van der Waals surface area contributed by atoms with E-state index < -0.39 is 6.10 Å². The summed E-state index contributed by atoms with van der Waals surface area (Å²) < 4.78 is 5.93. The Morgan fingerprint density at radius 3 is 2.65 bits per heavy atom. The van der Waals surface area contributed by atoms with E-state index in [-0.39, 0.29) is 0 Å². The highest BCUT2D eigenvalue weighted by molar-refractivity contribution is 5.38. The number of hydrogen-bond acceptors (Lipinski definition) is 3. The molecule has 3 heteroatoms. The third-order valence-corrected chi connectivity index (χ3v) is 5.10. The molecule has 0 radical (unpaired) electrons. The highest BCUT2D eigenvalue weighted by atomic mass is 16.5. The first kappa shape index (κ1) is 18.9. The summed E-state index contributed by atoms with van der Waals surface area (Å²) in [4.78, 5) is 2.46. The number of rotatable bonds is 7. The number of aryl methyl sites for hydroxylation is 1. The second-order valence-corrected chi connectivity index (χ2v) is 7.71. The van der Waals surface area contributed by atoms with Crippen molar-refractivity contribution in [2.24, 2.45) is 5.92 Å². The maximum atomic E-state index is 10.6. The van der Waals surface area contributed by atoms with Crippen LogP contribution in [-0.2, 0) is 13.0 Å². The molecule has 3 rings (SSSR count). The molecule has 1 atom stereocenters. The Hall–Kier alpha value is -1.84. The van der Waals surface area contributed by atoms with Crippen molar-refractivity contribution in [3.8, 4) is 5.75 Å². The minimum Gasteiger partial charge on any atom is -0.492 e. The molecular weight excluding hydrogens is 322 g/mol. The quantitative estimate of drug-likeness (QED) is 0.790. The SMILES string of the molecule is CC(C)CCN1CCOc2ccc([C@H](O)CCc3ccccc3)cc2C1. The first-order chi connectivity index (χ1) is 12.6. The highest BCUT2D eigenvalue weighted by Gasteiger charge is 2.18. The van der Waals surface area contributed by atoms with Crippen molar-refractivity contribution < 1.29 is 9.84 Å². The summed E-state index contributed by atoms with van der Waals surface area (Å²) in [5, 5.41) is 10.6. The predicted octanol–water partition coefficient (Wildman–Crippen LogP) is 4.59. The number of aliphatic hydroxyl groups excluding tert-OH is 1. The zero-order valence-corrected chi connectivity index (χ0v) is 16.0. The molecule has 0 amide bonds. The second-order valence-electron chi connectivity index (χ2n) is 7.71. The number of fused-ring (bicyclic) bond motifs is 1. The molecule has 0 saturated heterocycles. The lowest BCUT2D eigenvalue weighted by Gasteiger charge is -2.20. The van der Waals surface area contributed by atoms with Crippen molar-refractivity contribution in [2.45, 2.75) is 45.8 Å². The lowest BCUT2D eigenvalue weighted by molar-refractivity contribution is 0.167. The molecule has 2 aromatic rings. The average Bonchev–Trinajstić information content (AvgIpc) is 2.86. The Bertz CT molecular complexity index is 684. The largest absolute Gasteiger partial charge is 0.492 e. The van der Waals surface area contributed by atoms with E-state index in [1.165, 1.54) is 17.5 Å².